The SMILES string of the molecule is CCc1ccc(NC(=O)c2cc(S(=O)(=O)N3CCOCC3)c[nH]2)cc1. The van der Waals surface area contributed by atoms with Crippen LogP contribution in [0.3, 0.4) is 0 Å². The third-order valence-electron chi connectivity index (χ3n) is 4.13. The van der Waals surface area contributed by atoms with Crippen LogP contribution in [0.1, 0.15) is 23.0 Å². The molecule has 1 fully saturated rings. The Morgan fingerprint density at radius 1 is 1.24 bits per heavy atom. The number of rotatable bonds is 5. The molecule has 2 N–H and O–H groups in total. The molecule has 1 aliphatic rings. The van der Waals surface area contributed by atoms with E-state index in [1.54, 1.807) is 0 Å². The Balaban J connectivity index is 1.72. The molecule has 8 heteroatoms. The predicted octanol–water partition coefficient (Wildman–Crippen LogP) is 1.85. The van der Waals surface area contributed by atoms with Gasteiger partial charge in [-0.25, -0.2) is 8.42 Å². The monoisotopic (exact) mass is 363 g/mol. The first-order chi connectivity index (χ1) is 12.0. The molecule has 0 aliphatic carbocycles. The number of benzene rings is 1. The second-order valence-corrected chi connectivity index (χ2v) is 7.71. The molecule has 0 unspecified atom stereocenters. The van der Waals surface area contributed by atoms with E-state index in [-0.39, 0.29) is 16.5 Å². The zero-order chi connectivity index (χ0) is 17.9. The third kappa shape index (κ3) is 3.92. The van der Waals surface area contributed by atoms with Crippen LogP contribution in [-0.4, -0.2) is 49.9 Å². The number of aromatic amines is 1. The lowest BCUT2D eigenvalue weighted by molar-refractivity contribution is 0.0730. The first-order valence-corrected chi connectivity index (χ1v) is 9.61. The van der Waals surface area contributed by atoms with Gasteiger partial charge in [0.2, 0.25) is 10.0 Å². The maximum Gasteiger partial charge on any atom is 0.272 e. The standard InChI is InChI=1S/C17H21N3O4S/c1-2-13-3-5-14(6-4-13)19-17(21)16-11-15(12-18-16)25(22,23)20-7-9-24-10-8-20/h3-6,11-12,18H,2,7-10H2,1H3,(H,19,21). The van der Waals surface area contributed by atoms with Gasteiger partial charge < -0.3 is 15.0 Å². The van der Waals surface area contributed by atoms with Crippen LogP contribution in [0.4, 0.5) is 5.69 Å². The summed E-state index contributed by atoms with van der Waals surface area (Å²) in [6.45, 7) is 3.45. The Morgan fingerprint density at radius 2 is 1.92 bits per heavy atom. The molecule has 0 bridgehead atoms. The summed E-state index contributed by atoms with van der Waals surface area (Å²) in [6, 6.07) is 8.90. The smallest absolute Gasteiger partial charge is 0.272 e. The number of sulfonamides is 1. The van der Waals surface area contributed by atoms with Gasteiger partial charge in [0.05, 0.1) is 13.2 Å². The summed E-state index contributed by atoms with van der Waals surface area (Å²) in [6.07, 6.45) is 2.27. The molecule has 134 valence electrons. The summed E-state index contributed by atoms with van der Waals surface area (Å²) in [5.41, 5.74) is 2.04. The Kier molecular flexibility index (Phi) is 5.22. The van der Waals surface area contributed by atoms with Crippen LogP contribution >= 0.6 is 0 Å². The highest BCUT2D eigenvalue weighted by Crippen LogP contribution is 2.19. The Labute approximate surface area is 147 Å². The summed E-state index contributed by atoms with van der Waals surface area (Å²) in [5, 5.41) is 2.76. The van der Waals surface area contributed by atoms with Crippen LogP contribution < -0.4 is 5.32 Å². The molecule has 1 aromatic carbocycles. The average molecular weight is 363 g/mol. The summed E-state index contributed by atoms with van der Waals surface area (Å²) < 4.78 is 31.7. The summed E-state index contributed by atoms with van der Waals surface area (Å²) in [5.74, 6) is -0.382. The zero-order valence-electron chi connectivity index (χ0n) is 14.0. The molecule has 1 aromatic heterocycles. The summed E-state index contributed by atoms with van der Waals surface area (Å²) in [4.78, 5) is 15.1. The predicted molar refractivity (Wildman–Crippen MR) is 94.1 cm³/mol. The van der Waals surface area contributed by atoms with Gasteiger partial charge >= 0.3 is 0 Å². The number of amides is 1. The number of nitrogens with zero attached hydrogens (tertiary/aromatic N) is 1. The fourth-order valence-corrected chi connectivity index (χ4v) is 4.02. The van der Waals surface area contributed by atoms with E-state index in [0.29, 0.717) is 32.0 Å². The maximum atomic E-state index is 12.6. The average Bonchev–Trinajstić information content (AvgIpc) is 3.14. The van der Waals surface area contributed by atoms with Crippen molar-refractivity contribution in [1.29, 1.82) is 0 Å². The Morgan fingerprint density at radius 3 is 2.56 bits per heavy atom. The van der Waals surface area contributed by atoms with Crippen molar-refractivity contribution < 1.29 is 17.9 Å². The lowest BCUT2D eigenvalue weighted by Gasteiger charge is -2.25. The first-order valence-electron chi connectivity index (χ1n) is 8.17. The van der Waals surface area contributed by atoms with Gasteiger partial charge in [-0.15, -0.1) is 0 Å². The zero-order valence-corrected chi connectivity index (χ0v) is 14.8. The van der Waals surface area contributed by atoms with Crippen molar-refractivity contribution in [2.24, 2.45) is 0 Å². The number of nitrogens with one attached hydrogen (secondary N) is 2. The molecule has 0 radical (unpaired) electrons. The molecule has 0 saturated carbocycles. The lowest BCUT2D eigenvalue weighted by atomic mass is 10.1. The van der Waals surface area contributed by atoms with Crippen LogP contribution in [0.2, 0.25) is 0 Å². The molecule has 0 spiro atoms. The number of hydrogen-bond donors (Lipinski definition) is 2. The Hall–Kier alpha value is -2.16. The summed E-state index contributed by atoms with van der Waals surface area (Å²) >= 11 is 0. The van der Waals surface area contributed by atoms with Crippen molar-refractivity contribution in [3.05, 3.63) is 47.8 Å². The number of carbonyl (C=O) groups is 1. The largest absolute Gasteiger partial charge is 0.379 e. The molecule has 7 nitrogen and oxygen atoms in total. The number of carbonyl (C=O) groups excluding carboxylic acids is 1. The number of morpholine rings is 1. The highest BCUT2D eigenvalue weighted by molar-refractivity contribution is 7.89. The van der Waals surface area contributed by atoms with Crippen LogP contribution in [0, 0.1) is 0 Å². The molecule has 0 atom stereocenters. The van der Waals surface area contributed by atoms with E-state index in [0.717, 1.165) is 6.42 Å². The molecular formula is C17H21N3O4S. The number of hydrogen-bond acceptors (Lipinski definition) is 4. The van der Waals surface area contributed by atoms with Crippen LogP contribution in [0.15, 0.2) is 41.4 Å². The quantitative estimate of drug-likeness (QED) is 0.848. The highest BCUT2D eigenvalue weighted by Gasteiger charge is 2.27. The van der Waals surface area contributed by atoms with Gasteiger partial charge in [-0.3, -0.25) is 4.79 Å². The van der Waals surface area contributed by atoms with Crippen molar-refractivity contribution in [2.75, 3.05) is 31.6 Å². The fourth-order valence-electron chi connectivity index (χ4n) is 2.61. The second-order valence-electron chi connectivity index (χ2n) is 5.77. The number of H-pyrrole nitrogens is 1. The first kappa shape index (κ1) is 17.7. The molecular weight excluding hydrogens is 342 g/mol. The van der Waals surface area contributed by atoms with Crippen molar-refractivity contribution in [1.82, 2.24) is 9.29 Å². The van der Waals surface area contributed by atoms with Gasteiger partial charge in [0.15, 0.2) is 0 Å². The van der Waals surface area contributed by atoms with E-state index in [2.05, 4.69) is 17.2 Å². The van der Waals surface area contributed by atoms with Crippen LogP contribution in [-0.2, 0) is 21.2 Å². The minimum atomic E-state index is -3.61. The van der Waals surface area contributed by atoms with E-state index >= 15 is 0 Å². The minimum Gasteiger partial charge on any atom is -0.379 e. The normalized spacial score (nSPS) is 15.9. The third-order valence-corrected chi connectivity index (χ3v) is 6.01. The van der Waals surface area contributed by atoms with E-state index in [1.807, 2.05) is 24.3 Å². The van der Waals surface area contributed by atoms with Gasteiger partial charge in [0, 0.05) is 25.0 Å². The van der Waals surface area contributed by atoms with Gasteiger partial charge in [-0.1, -0.05) is 19.1 Å². The molecule has 1 saturated heterocycles. The van der Waals surface area contributed by atoms with Gasteiger partial charge in [0.25, 0.3) is 5.91 Å². The van der Waals surface area contributed by atoms with E-state index in [9.17, 15) is 13.2 Å². The minimum absolute atomic E-state index is 0.0841. The van der Waals surface area contributed by atoms with Crippen LogP contribution in [0.5, 0.6) is 0 Å². The van der Waals surface area contributed by atoms with Crippen molar-refractivity contribution in [3.63, 3.8) is 0 Å². The Bertz CT molecular complexity index is 837. The molecule has 1 aliphatic heterocycles. The lowest BCUT2D eigenvalue weighted by Crippen LogP contribution is -2.40. The van der Waals surface area contributed by atoms with Gasteiger partial charge in [-0.05, 0) is 30.2 Å². The molecule has 25 heavy (non-hydrogen) atoms. The molecule has 1 amide bonds. The molecule has 3 rings (SSSR count). The van der Waals surface area contributed by atoms with Gasteiger partial charge in [0.1, 0.15) is 10.6 Å². The van der Waals surface area contributed by atoms with Crippen molar-refractivity contribution in [2.45, 2.75) is 18.2 Å². The van der Waals surface area contributed by atoms with E-state index in [1.165, 1.54) is 22.1 Å². The molecule has 2 heterocycles. The maximum absolute atomic E-state index is 12.6. The number of anilines is 1. The van der Waals surface area contributed by atoms with Gasteiger partial charge in [-0.2, -0.15) is 4.31 Å². The number of ether oxygens (including phenoxy) is 1. The molecule has 2 aromatic rings. The fraction of sp³-hybridized carbons (Fsp3) is 0.353. The van der Waals surface area contributed by atoms with Crippen molar-refractivity contribution in [3.8, 4) is 0 Å². The number of aryl methyl sites for hydroxylation is 1. The van der Waals surface area contributed by atoms with Crippen molar-refractivity contribution >= 4 is 21.6 Å². The topological polar surface area (TPSA) is 91.5 Å². The second kappa shape index (κ2) is 7.38. The van der Waals surface area contributed by atoms with E-state index < -0.39 is 10.0 Å². The highest BCUT2D eigenvalue weighted by atomic mass is 32.2. The number of aromatic nitrogens is 1. The van der Waals surface area contributed by atoms with Crippen LogP contribution in [0.25, 0.3) is 0 Å². The summed E-state index contributed by atoms with van der Waals surface area (Å²) in [7, 11) is -3.61. The van der Waals surface area contributed by atoms with E-state index in [4.69, 9.17) is 4.74 Å².